The van der Waals surface area contributed by atoms with Crippen molar-refractivity contribution in [2.75, 3.05) is 11.4 Å². The third-order valence-electron chi connectivity index (χ3n) is 5.65. The van der Waals surface area contributed by atoms with Crippen molar-refractivity contribution in [1.29, 1.82) is 0 Å². The average Bonchev–Trinajstić information content (AvgIpc) is 2.95. The fourth-order valence-corrected chi connectivity index (χ4v) is 4.19. The number of nitro groups is 1. The molecule has 2 atom stereocenters. The van der Waals surface area contributed by atoms with Crippen LogP contribution in [0.5, 0.6) is 0 Å². The maximum atomic E-state index is 13.6. The van der Waals surface area contributed by atoms with E-state index in [9.17, 15) is 20.0 Å². The van der Waals surface area contributed by atoms with Crippen LogP contribution in [-0.4, -0.2) is 22.5 Å². The minimum atomic E-state index is -2.02. The predicted octanol–water partition coefficient (Wildman–Crippen LogP) is 3.79. The Bertz CT molecular complexity index is 1080. The van der Waals surface area contributed by atoms with E-state index in [2.05, 4.69) is 0 Å². The van der Waals surface area contributed by atoms with Crippen LogP contribution >= 0.6 is 0 Å². The second-order valence-corrected chi connectivity index (χ2v) is 7.64. The zero-order valence-electron chi connectivity index (χ0n) is 16.6. The van der Waals surface area contributed by atoms with Gasteiger partial charge in [0, 0.05) is 10.5 Å². The second-order valence-electron chi connectivity index (χ2n) is 7.64. The smallest absolute Gasteiger partial charge is 0.264 e. The molecule has 0 unspecified atom stereocenters. The Morgan fingerprint density at radius 3 is 2.30 bits per heavy atom. The van der Waals surface area contributed by atoms with E-state index < -0.39 is 28.9 Å². The molecule has 3 aromatic carbocycles. The topological polar surface area (TPSA) is 83.7 Å². The van der Waals surface area contributed by atoms with E-state index in [0.717, 1.165) is 11.1 Å². The van der Waals surface area contributed by atoms with E-state index in [-0.39, 0.29) is 6.54 Å². The minimum Gasteiger partial charge on any atom is -0.375 e. The molecule has 0 saturated heterocycles. The Morgan fingerprint density at radius 2 is 1.67 bits per heavy atom. The van der Waals surface area contributed by atoms with Crippen molar-refractivity contribution in [3.63, 3.8) is 0 Å². The minimum absolute atomic E-state index is 0.276. The van der Waals surface area contributed by atoms with E-state index in [1.807, 2.05) is 43.3 Å². The number of rotatable bonds is 6. The lowest BCUT2D eigenvalue weighted by Crippen LogP contribution is -2.46. The monoisotopic (exact) mass is 402 g/mol. The predicted molar refractivity (Wildman–Crippen MR) is 114 cm³/mol. The number of carbonyl (C=O) groups excluding carboxylic acids is 1. The molecule has 152 valence electrons. The number of aliphatic hydroxyl groups is 1. The summed E-state index contributed by atoms with van der Waals surface area (Å²) in [6.45, 7) is 1.59. The largest absolute Gasteiger partial charge is 0.375 e. The van der Waals surface area contributed by atoms with E-state index in [4.69, 9.17) is 0 Å². The number of fused-ring (bicyclic) bond motifs is 1. The molecule has 0 bridgehead atoms. The number of aryl methyl sites for hydroxylation is 1. The molecule has 0 radical (unpaired) electrons. The first-order valence-electron chi connectivity index (χ1n) is 9.77. The van der Waals surface area contributed by atoms with Gasteiger partial charge in [-0.15, -0.1) is 0 Å². The number of benzene rings is 3. The molecule has 30 heavy (non-hydrogen) atoms. The lowest BCUT2D eigenvalue weighted by atomic mass is 9.77. The van der Waals surface area contributed by atoms with Crippen molar-refractivity contribution in [3.05, 3.63) is 111 Å². The molecule has 0 fully saturated rings. The summed E-state index contributed by atoms with van der Waals surface area (Å²) < 4.78 is 0. The van der Waals surface area contributed by atoms with Gasteiger partial charge in [-0.3, -0.25) is 14.9 Å². The summed E-state index contributed by atoms with van der Waals surface area (Å²) in [6.07, 6.45) is 0. The van der Waals surface area contributed by atoms with Gasteiger partial charge in [-0.2, -0.15) is 0 Å². The van der Waals surface area contributed by atoms with Gasteiger partial charge < -0.3 is 10.0 Å². The molecule has 6 nitrogen and oxygen atoms in total. The molecule has 0 aromatic heterocycles. The highest BCUT2D eigenvalue weighted by atomic mass is 16.6. The van der Waals surface area contributed by atoms with Gasteiger partial charge in [0.1, 0.15) is 0 Å². The number of carbonyl (C=O) groups is 1. The zero-order chi connectivity index (χ0) is 21.3. The van der Waals surface area contributed by atoms with E-state index in [1.54, 1.807) is 42.5 Å². The lowest BCUT2D eigenvalue weighted by molar-refractivity contribution is -0.486. The van der Waals surface area contributed by atoms with Crippen LogP contribution in [0.4, 0.5) is 5.69 Å². The zero-order valence-corrected chi connectivity index (χ0v) is 16.6. The number of hydrogen-bond acceptors (Lipinski definition) is 4. The van der Waals surface area contributed by atoms with Gasteiger partial charge >= 0.3 is 0 Å². The number of hydrogen-bond donors (Lipinski definition) is 1. The third-order valence-corrected chi connectivity index (χ3v) is 5.65. The molecule has 0 aliphatic carbocycles. The van der Waals surface area contributed by atoms with Gasteiger partial charge in [0.15, 0.2) is 5.60 Å². The maximum Gasteiger partial charge on any atom is 0.264 e. The standard InChI is InChI=1S/C24H22N2O4/c1-17-12-13-22-20(14-17)24(28,21(16-26(29)30)19-10-6-3-7-11-19)23(27)25(22)15-18-8-4-2-5-9-18/h2-14,21,28H,15-16H2,1H3/t21-,24+/m1/s1. The van der Waals surface area contributed by atoms with E-state index in [1.165, 1.54) is 4.90 Å². The summed E-state index contributed by atoms with van der Waals surface area (Å²) in [4.78, 5) is 26.2. The highest BCUT2D eigenvalue weighted by Crippen LogP contribution is 2.49. The lowest BCUT2D eigenvalue weighted by Gasteiger charge is -2.30. The van der Waals surface area contributed by atoms with Crippen LogP contribution in [-0.2, 0) is 16.9 Å². The molecular weight excluding hydrogens is 380 g/mol. The van der Waals surface area contributed by atoms with Gasteiger partial charge in [0.2, 0.25) is 6.54 Å². The molecular formula is C24H22N2O4. The van der Waals surface area contributed by atoms with Crippen LogP contribution in [0.3, 0.4) is 0 Å². The Labute approximate surface area is 174 Å². The van der Waals surface area contributed by atoms with Crippen molar-refractivity contribution < 1.29 is 14.8 Å². The number of anilines is 1. The summed E-state index contributed by atoms with van der Waals surface area (Å²) in [5.74, 6) is -1.55. The first kappa shape index (κ1) is 19.8. The summed E-state index contributed by atoms with van der Waals surface area (Å²) in [5, 5.41) is 23.4. The van der Waals surface area contributed by atoms with Crippen molar-refractivity contribution in [2.24, 2.45) is 0 Å². The van der Waals surface area contributed by atoms with Gasteiger partial charge in [-0.25, -0.2) is 0 Å². The number of nitrogens with zero attached hydrogens (tertiary/aromatic N) is 2. The normalized spacial score (nSPS) is 18.9. The Balaban J connectivity index is 1.86. The quantitative estimate of drug-likeness (QED) is 0.502. The first-order chi connectivity index (χ1) is 14.4. The van der Waals surface area contributed by atoms with Crippen molar-refractivity contribution in [3.8, 4) is 0 Å². The highest BCUT2D eigenvalue weighted by Gasteiger charge is 2.56. The van der Waals surface area contributed by atoms with Gasteiger partial charge in [0.25, 0.3) is 5.91 Å². The molecule has 1 aliphatic heterocycles. The Hall–Kier alpha value is -3.51. The molecule has 1 N–H and O–H groups in total. The van der Waals surface area contributed by atoms with Crippen LogP contribution in [0.25, 0.3) is 0 Å². The molecule has 4 rings (SSSR count). The summed E-state index contributed by atoms with van der Waals surface area (Å²) in [5.41, 5.74) is 1.31. The molecule has 3 aromatic rings. The van der Waals surface area contributed by atoms with Gasteiger partial charge in [0.05, 0.1) is 18.2 Å². The van der Waals surface area contributed by atoms with Gasteiger partial charge in [-0.05, 0) is 24.1 Å². The second kappa shape index (κ2) is 7.72. The molecule has 1 amide bonds. The van der Waals surface area contributed by atoms with Crippen molar-refractivity contribution >= 4 is 11.6 Å². The summed E-state index contributed by atoms with van der Waals surface area (Å²) in [7, 11) is 0. The molecule has 0 saturated carbocycles. The van der Waals surface area contributed by atoms with Crippen molar-refractivity contribution in [1.82, 2.24) is 0 Å². The molecule has 6 heteroatoms. The summed E-state index contributed by atoms with van der Waals surface area (Å²) in [6, 6.07) is 23.7. The Morgan fingerprint density at radius 1 is 1.03 bits per heavy atom. The first-order valence-corrected chi connectivity index (χ1v) is 9.77. The fraction of sp³-hybridized carbons (Fsp3) is 0.208. The van der Waals surface area contributed by atoms with E-state index in [0.29, 0.717) is 16.8 Å². The Kier molecular flexibility index (Phi) is 5.10. The van der Waals surface area contributed by atoms with Crippen LogP contribution in [0.2, 0.25) is 0 Å². The van der Waals surface area contributed by atoms with Crippen LogP contribution < -0.4 is 4.90 Å². The average molecular weight is 402 g/mol. The van der Waals surface area contributed by atoms with Crippen LogP contribution in [0.15, 0.2) is 78.9 Å². The maximum absolute atomic E-state index is 13.6. The van der Waals surface area contributed by atoms with Crippen molar-refractivity contribution in [2.45, 2.75) is 25.0 Å². The van der Waals surface area contributed by atoms with Crippen LogP contribution in [0.1, 0.15) is 28.2 Å². The number of amides is 1. The SMILES string of the molecule is Cc1ccc2c(c1)[C@](O)([C@H](C[N+](=O)[O-])c1ccccc1)C(=O)N2Cc1ccccc1. The van der Waals surface area contributed by atoms with E-state index >= 15 is 0 Å². The molecule has 1 heterocycles. The molecule has 0 spiro atoms. The third kappa shape index (κ3) is 3.35. The molecule has 1 aliphatic rings. The van der Waals surface area contributed by atoms with Gasteiger partial charge in [-0.1, -0.05) is 78.4 Å². The highest BCUT2D eigenvalue weighted by molar-refractivity contribution is 6.07. The fourth-order valence-electron chi connectivity index (χ4n) is 4.19. The van der Waals surface area contributed by atoms with Crippen LogP contribution in [0, 0.1) is 17.0 Å². The summed E-state index contributed by atoms with van der Waals surface area (Å²) >= 11 is 0.